The number of hydrogen-bond donors (Lipinski definition) is 0. The number of piperidine rings is 1. The Hall–Kier alpha value is -2.80. The summed E-state index contributed by atoms with van der Waals surface area (Å²) in [5.74, 6) is -0.0159. The van der Waals surface area contributed by atoms with E-state index in [-0.39, 0.29) is 12.0 Å². The third kappa shape index (κ3) is 3.72. The van der Waals surface area contributed by atoms with Crippen LogP contribution < -0.4 is 4.74 Å². The van der Waals surface area contributed by atoms with Crippen LogP contribution in [0.25, 0.3) is 10.6 Å². The molecule has 3 aromatic rings. The van der Waals surface area contributed by atoms with Gasteiger partial charge in [-0.15, -0.1) is 11.3 Å². The number of likely N-dealkylation sites (tertiary alicyclic amines) is 1. The first-order valence-corrected chi connectivity index (χ1v) is 9.41. The van der Waals surface area contributed by atoms with Crippen LogP contribution in [0, 0.1) is 0 Å². The Morgan fingerprint density at radius 1 is 1.08 bits per heavy atom. The van der Waals surface area contributed by atoms with Crippen molar-refractivity contribution in [3.63, 3.8) is 0 Å². The zero-order chi connectivity index (χ0) is 17.8. The highest BCUT2D eigenvalue weighted by molar-refractivity contribution is 7.13. The fourth-order valence-electron chi connectivity index (χ4n) is 2.92. The second kappa shape index (κ2) is 7.61. The normalized spacial score (nSPS) is 15.0. The quantitative estimate of drug-likeness (QED) is 0.709. The van der Waals surface area contributed by atoms with Gasteiger partial charge in [-0.25, -0.2) is 15.0 Å². The first-order valence-electron chi connectivity index (χ1n) is 8.53. The molecule has 1 saturated heterocycles. The van der Waals surface area contributed by atoms with Crippen molar-refractivity contribution in [1.82, 2.24) is 19.9 Å². The van der Waals surface area contributed by atoms with E-state index in [0.29, 0.717) is 24.8 Å². The summed E-state index contributed by atoms with van der Waals surface area (Å²) in [4.78, 5) is 27.2. The van der Waals surface area contributed by atoms with Crippen molar-refractivity contribution in [2.45, 2.75) is 18.9 Å². The lowest BCUT2D eigenvalue weighted by Crippen LogP contribution is -2.42. The van der Waals surface area contributed by atoms with Gasteiger partial charge in [0.05, 0.1) is 0 Å². The number of thiazole rings is 1. The van der Waals surface area contributed by atoms with Crippen molar-refractivity contribution in [3.05, 3.63) is 59.9 Å². The average molecular weight is 366 g/mol. The van der Waals surface area contributed by atoms with Crippen molar-refractivity contribution in [1.29, 1.82) is 0 Å². The van der Waals surface area contributed by atoms with E-state index >= 15 is 0 Å². The number of carbonyl (C=O) groups excluding carboxylic acids is 1. The first-order chi connectivity index (χ1) is 12.8. The van der Waals surface area contributed by atoms with E-state index < -0.39 is 0 Å². The summed E-state index contributed by atoms with van der Waals surface area (Å²) in [5.41, 5.74) is 1.55. The number of amides is 1. The highest BCUT2D eigenvalue weighted by Crippen LogP contribution is 2.25. The number of ether oxygens (including phenoxy) is 1. The number of aromatic nitrogens is 3. The van der Waals surface area contributed by atoms with Crippen LogP contribution >= 0.6 is 11.3 Å². The Morgan fingerprint density at radius 2 is 1.81 bits per heavy atom. The predicted octanol–water partition coefficient (Wildman–Crippen LogP) is 3.28. The van der Waals surface area contributed by atoms with Gasteiger partial charge in [-0.2, -0.15) is 0 Å². The fourth-order valence-corrected chi connectivity index (χ4v) is 3.72. The van der Waals surface area contributed by atoms with E-state index in [4.69, 9.17) is 4.74 Å². The number of benzene rings is 1. The molecule has 132 valence electrons. The van der Waals surface area contributed by atoms with E-state index in [0.717, 1.165) is 23.4 Å². The summed E-state index contributed by atoms with van der Waals surface area (Å²) >= 11 is 1.50. The molecular formula is C19H18N4O2S. The van der Waals surface area contributed by atoms with E-state index in [1.54, 1.807) is 18.5 Å². The summed E-state index contributed by atoms with van der Waals surface area (Å²) in [7, 11) is 0. The van der Waals surface area contributed by atoms with E-state index in [1.165, 1.54) is 11.3 Å². The summed E-state index contributed by atoms with van der Waals surface area (Å²) in [6.45, 7) is 1.29. The highest BCUT2D eigenvalue weighted by Gasteiger charge is 2.26. The standard InChI is InChI=1S/C19H18N4O2S/c24-18(16-13-26-17(22-16)14-5-2-1-3-6-14)23-11-7-15(8-12-23)25-19-20-9-4-10-21-19/h1-6,9-10,13,15H,7-8,11-12H2. The number of hydrogen-bond acceptors (Lipinski definition) is 6. The van der Waals surface area contributed by atoms with Gasteiger partial charge in [0.25, 0.3) is 5.91 Å². The molecule has 0 N–H and O–H groups in total. The van der Waals surface area contributed by atoms with Crippen molar-refractivity contribution < 1.29 is 9.53 Å². The minimum absolute atomic E-state index is 0.0159. The van der Waals surface area contributed by atoms with Crippen LogP contribution in [0.2, 0.25) is 0 Å². The Morgan fingerprint density at radius 3 is 2.54 bits per heavy atom. The molecule has 1 aromatic carbocycles. The molecule has 0 atom stereocenters. The Kier molecular flexibility index (Phi) is 4.88. The van der Waals surface area contributed by atoms with Gasteiger partial charge < -0.3 is 9.64 Å². The van der Waals surface area contributed by atoms with Crippen LogP contribution in [0.5, 0.6) is 6.01 Å². The molecule has 0 spiro atoms. The second-order valence-corrected chi connectivity index (χ2v) is 6.90. The average Bonchev–Trinajstić information content (AvgIpc) is 3.20. The minimum Gasteiger partial charge on any atom is -0.460 e. The molecule has 26 heavy (non-hydrogen) atoms. The molecule has 1 fully saturated rings. The van der Waals surface area contributed by atoms with Gasteiger partial charge in [-0.1, -0.05) is 30.3 Å². The largest absolute Gasteiger partial charge is 0.460 e. The molecule has 1 aliphatic rings. The molecule has 6 nitrogen and oxygen atoms in total. The number of nitrogens with zero attached hydrogens (tertiary/aromatic N) is 4. The molecule has 1 amide bonds. The molecule has 0 aliphatic carbocycles. The van der Waals surface area contributed by atoms with Crippen LogP contribution in [0.4, 0.5) is 0 Å². The zero-order valence-electron chi connectivity index (χ0n) is 14.1. The van der Waals surface area contributed by atoms with Gasteiger partial charge in [0.1, 0.15) is 16.8 Å². The van der Waals surface area contributed by atoms with Crippen molar-refractivity contribution in [2.75, 3.05) is 13.1 Å². The predicted molar refractivity (Wildman–Crippen MR) is 99.1 cm³/mol. The molecule has 0 bridgehead atoms. The maximum atomic E-state index is 12.7. The summed E-state index contributed by atoms with van der Waals surface area (Å²) in [6, 6.07) is 12.1. The van der Waals surface area contributed by atoms with Crippen LogP contribution in [-0.4, -0.2) is 45.0 Å². The lowest BCUT2D eigenvalue weighted by atomic mass is 10.1. The van der Waals surface area contributed by atoms with Crippen LogP contribution in [-0.2, 0) is 0 Å². The van der Waals surface area contributed by atoms with Gasteiger partial charge >= 0.3 is 6.01 Å². The van der Waals surface area contributed by atoms with Gasteiger partial charge in [-0.3, -0.25) is 4.79 Å². The smallest absolute Gasteiger partial charge is 0.316 e. The SMILES string of the molecule is O=C(c1csc(-c2ccccc2)n1)N1CCC(Oc2ncccn2)CC1. The van der Waals surface area contributed by atoms with Crippen molar-refractivity contribution in [3.8, 4) is 16.6 Å². The fraction of sp³-hybridized carbons (Fsp3) is 0.263. The number of carbonyl (C=O) groups is 1. The Bertz CT molecular complexity index is 862. The third-order valence-corrected chi connectivity index (χ3v) is 5.18. The maximum absolute atomic E-state index is 12.7. The topological polar surface area (TPSA) is 68.2 Å². The molecule has 0 radical (unpaired) electrons. The van der Waals surface area contributed by atoms with Crippen molar-refractivity contribution >= 4 is 17.2 Å². The summed E-state index contributed by atoms with van der Waals surface area (Å²) < 4.78 is 5.78. The molecular weight excluding hydrogens is 348 g/mol. The monoisotopic (exact) mass is 366 g/mol. The molecule has 3 heterocycles. The molecule has 2 aromatic heterocycles. The van der Waals surface area contributed by atoms with Gasteiger partial charge in [0.2, 0.25) is 0 Å². The van der Waals surface area contributed by atoms with E-state index in [9.17, 15) is 4.79 Å². The minimum atomic E-state index is -0.0159. The van der Waals surface area contributed by atoms with Gasteiger partial charge in [0, 0.05) is 49.3 Å². The number of rotatable bonds is 4. The van der Waals surface area contributed by atoms with E-state index in [2.05, 4.69) is 15.0 Å². The molecule has 4 rings (SSSR count). The van der Waals surface area contributed by atoms with Gasteiger partial charge in [0.15, 0.2) is 0 Å². The van der Waals surface area contributed by atoms with Crippen LogP contribution in [0.1, 0.15) is 23.3 Å². The van der Waals surface area contributed by atoms with Crippen LogP contribution in [0.3, 0.4) is 0 Å². The highest BCUT2D eigenvalue weighted by atomic mass is 32.1. The Labute approximate surface area is 155 Å². The summed E-state index contributed by atoms with van der Waals surface area (Å²) in [6.07, 6.45) is 4.89. The lowest BCUT2D eigenvalue weighted by Gasteiger charge is -2.31. The zero-order valence-corrected chi connectivity index (χ0v) is 14.9. The summed E-state index contributed by atoms with van der Waals surface area (Å²) in [5, 5.41) is 2.71. The van der Waals surface area contributed by atoms with E-state index in [1.807, 2.05) is 40.6 Å². The molecule has 1 aliphatic heterocycles. The third-order valence-electron chi connectivity index (χ3n) is 4.29. The second-order valence-electron chi connectivity index (χ2n) is 6.04. The Balaban J connectivity index is 1.36. The first kappa shape index (κ1) is 16.7. The lowest BCUT2D eigenvalue weighted by molar-refractivity contribution is 0.0574. The molecule has 7 heteroatoms. The maximum Gasteiger partial charge on any atom is 0.316 e. The van der Waals surface area contributed by atoms with Crippen molar-refractivity contribution in [2.24, 2.45) is 0 Å². The molecule has 0 unspecified atom stereocenters. The van der Waals surface area contributed by atoms with Gasteiger partial charge in [-0.05, 0) is 6.07 Å². The molecule has 0 saturated carbocycles. The van der Waals surface area contributed by atoms with Crippen LogP contribution in [0.15, 0.2) is 54.2 Å².